The van der Waals surface area contributed by atoms with E-state index in [1.807, 2.05) is 30.5 Å². The number of amides is 1. The smallest absolute Gasteiger partial charge is 0.251 e. The van der Waals surface area contributed by atoms with Gasteiger partial charge in [0, 0.05) is 49.4 Å². The first-order chi connectivity index (χ1) is 13.7. The minimum absolute atomic E-state index is 0.0199. The largest absolute Gasteiger partial charge is 0.370 e. The van der Waals surface area contributed by atoms with Crippen molar-refractivity contribution in [3.05, 3.63) is 53.6 Å². The number of rotatable bonds is 6. The Morgan fingerprint density at radius 2 is 2.32 bits per heavy atom. The molecule has 3 aliphatic rings. The maximum atomic E-state index is 12.8. The van der Waals surface area contributed by atoms with E-state index in [1.165, 1.54) is 0 Å². The Morgan fingerprint density at radius 1 is 1.43 bits per heavy atom. The van der Waals surface area contributed by atoms with Gasteiger partial charge in [0.1, 0.15) is 5.82 Å². The SMILES string of the molecule is CCc1ccccc1C(=O)NC[C@H]1[C@H]2CN(Cc3ncc[nH]3)C[C@]23CC[C@H]1O3. The van der Waals surface area contributed by atoms with E-state index >= 15 is 0 Å². The van der Waals surface area contributed by atoms with Crippen LogP contribution in [0.25, 0.3) is 0 Å². The highest BCUT2D eigenvalue weighted by atomic mass is 16.5. The predicted octanol–water partition coefficient (Wildman–Crippen LogP) is 2.38. The number of likely N-dealkylation sites (tertiary alicyclic amines) is 1. The van der Waals surface area contributed by atoms with Gasteiger partial charge in [-0.3, -0.25) is 9.69 Å². The lowest BCUT2D eigenvalue weighted by Gasteiger charge is -2.29. The van der Waals surface area contributed by atoms with Crippen molar-refractivity contribution >= 4 is 5.91 Å². The summed E-state index contributed by atoms with van der Waals surface area (Å²) in [5, 5.41) is 3.21. The summed E-state index contributed by atoms with van der Waals surface area (Å²) in [5.41, 5.74) is 1.88. The number of aryl methyl sites for hydroxylation is 1. The van der Waals surface area contributed by atoms with Gasteiger partial charge in [-0.2, -0.15) is 0 Å². The second-order valence-electron chi connectivity index (χ2n) is 8.46. The van der Waals surface area contributed by atoms with Crippen molar-refractivity contribution in [1.29, 1.82) is 0 Å². The molecule has 3 fully saturated rings. The first-order valence-corrected chi connectivity index (χ1v) is 10.4. The second-order valence-corrected chi connectivity index (χ2v) is 8.46. The summed E-state index contributed by atoms with van der Waals surface area (Å²) >= 11 is 0. The van der Waals surface area contributed by atoms with E-state index in [4.69, 9.17) is 4.74 Å². The zero-order chi connectivity index (χ0) is 19.1. The lowest BCUT2D eigenvalue weighted by atomic mass is 9.73. The molecule has 2 N–H and O–H groups in total. The Labute approximate surface area is 165 Å². The molecule has 4 heterocycles. The van der Waals surface area contributed by atoms with E-state index < -0.39 is 0 Å². The molecule has 1 aromatic heterocycles. The number of carbonyl (C=O) groups is 1. The highest BCUT2D eigenvalue weighted by Crippen LogP contribution is 2.54. The summed E-state index contributed by atoms with van der Waals surface area (Å²) in [6, 6.07) is 7.89. The fourth-order valence-corrected chi connectivity index (χ4v) is 5.63. The molecule has 3 aliphatic heterocycles. The number of ether oxygens (including phenoxy) is 1. The van der Waals surface area contributed by atoms with Crippen LogP contribution in [-0.4, -0.2) is 52.1 Å². The average molecular weight is 380 g/mol. The van der Waals surface area contributed by atoms with Crippen molar-refractivity contribution in [2.45, 2.75) is 44.4 Å². The van der Waals surface area contributed by atoms with E-state index in [2.05, 4.69) is 27.1 Å². The minimum Gasteiger partial charge on any atom is -0.370 e. The summed E-state index contributed by atoms with van der Waals surface area (Å²) in [5.74, 6) is 1.93. The van der Waals surface area contributed by atoms with Gasteiger partial charge in [-0.25, -0.2) is 4.98 Å². The number of aromatic nitrogens is 2. The molecule has 6 nitrogen and oxygen atoms in total. The number of nitrogens with one attached hydrogen (secondary N) is 2. The summed E-state index contributed by atoms with van der Waals surface area (Å²) < 4.78 is 6.51. The van der Waals surface area contributed by atoms with Crippen molar-refractivity contribution < 1.29 is 9.53 Å². The number of imidazole rings is 1. The molecule has 28 heavy (non-hydrogen) atoms. The van der Waals surface area contributed by atoms with Gasteiger partial charge < -0.3 is 15.0 Å². The number of benzene rings is 1. The maximum absolute atomic E-state index is 12.8. The first kappa shape index (κ1) is 17.9. The zero-order valence-electron chi connectivity index (χ0n) is 16.4. The lowest BCUT2D eigenvalue weighted by molar-refractivity contribution is 0.00196. The number of carbonyl (C=O) groups excluding carboxylic acids is 1. The number of hydrogen-bond acceptors (Lipinski definition) is 4. The molecule has 3 saturated heterocycles. The summed E-state index contributed by atoms with van der Waals surface area (Å²) in [7, 11) is 0. The molecule has 2 bridgehead atoms. The van der Waals surface area contributed by atoms with Crippen LogP contribution in [0.15, 0.2) is 36.7 Å². The van der Waals surface area contributed by atoms with Crippen LogP contribution >= 0.6 is 0 Å². The van der Waals surface area contributed by atoms with Crippen molar-refractivity contribution in [3.8, 4) is 0 Å². The second kappa shape index (κ2) is 7.01. The van der Waals surface area contributed by atoms with Gasteiger partial charge in [0.2, 0.25) is 0 Å². The van der Waals surface area contributed by atoms with Gasteiger partial charge in [-0.15, -0.1) is 0 Å². The highest BCUT2D eigenvalue weighted by Gasteiger charge is 2.62. The number of fused-ring (bicyclic) bond motifs is 1. The molecule has 1 spiro atoms. The van der Waals surface area contributed by atoms with E-state index in [-0.39, 0.29) is 17.6 Å². The topological polar surface area (TPSA) is 70.2 Å². The van der Waals surface area contributed by atoms with Crippen LogP contribution in [0, 0.1) is 11.8 Å². The molecule has 1 aromatic carbocycles. The van der Waals surface area contributed by atoms with Crippen molar-refractivity contribution in [2.24, 2.45) is 11.8 Å². The number of hydrogen-bond donors (Lipinski definition) is 2. The quantitative estimate of drug-likeness (QED) is 0.807. The first-order valence-electron chi connectivity index (χ1n) is 10.4. The molecule has 0 aliphatic carbocycles. The van der Waals surface area contributed by atoms with Crippen LogP contribution in [0.3, 0.4) is 0 Å². The van der Waals surface area contributed by atoms with Gasteiger partial charge in [0.05, 0.1) is 18.2 Å². The Kier molecular flexibility index (Phi) is 4.48. The molecule has 5 rings (SSSR count). The molecule has 6 heteroatoms. The summed E-state index contributed by atoms with van der Waals surface area (Å²) in [6.07, 6.45) is 7.08. The molecular weight excluding hydrogens is 352 g/mol. The third-order valence-electron chi connectivity index (χ3n) is 6.92. The summed E-state index contributed by atoms with van der Waals surface area (Å²) in [4.78, 5) is 22.8. The molecule has 148 valence electrons. The van der Waals surface area contributed by atoms with Crippen LogP contribution in [0.2, 0.25) is 0 Å². The maximum Gasteiger partial charge on any atom is 0.251 e. The Balaban J connectivity index is 1.26. The summed E-state index contributed by atoms with van der Waals surface area (Å²) in [6.45, 7) is 5.61. The monoisotopic (exact) mass is 380 g/mol. The molecule has 0 saturated carbocycles. The Bertz CT molecular complexity index is 852. The van der Waals surface area contributed by atoms with Crippen LogP contribution in [0.4, 0.5) is 0 Å². The zero-order valence-corrected chi connectivity index (χ0v) is 16.4. The fourth-order valence-electron chi connectivity index (χ4n) is 5.63. The molecule has 0 unspecified atom stereocenters. The van der Waals surface area contributed by atoms with Gasteiger partial charge in [0.25, 0.3) is 5.91 Å². The van der Waals surface area contributed by atoms with Gasteiger partial charge >= 0.3 is 0 Å². The number of nitrogens with zero attached hydrogens (tertiary/aromatic N) is 2. The van der Waals surface area contributed by atoms with Crippen LogP contribution in [-0.2, 0) is 17.7 Å². The normalized spacial score (nSPS) is 31.2. The van der Waals surface area contributed by atoms with E-state index in [9.17, 15) is 4.79 Å². The number of aromatic amines is 1. The molecule has 1 amide bonds. The Hall–Kier alpha value is -2.18. The molecule has 4 atom stereocenters. The van der Waals surface area contributed by atoms with E-state index in [0.717, 1.165) is 55.8 Å². The van der Waals surface area contributed by atoms with Crippen LogP contribution in [0.1, 0.15) is 41.5 Å². The predicted molar refractivity (Wildman–Crippen MR) is 106 cm³/mol. The van der Waals surface area contributed by atoms with E-state index in [0.29, 0.717) is 18.4 Å². The molecule has 0 radical (unpaired) electrons. The van der Waals surface area contributed by atoms with Crippen LogP contribution in [0.5, 0.6) is 0 Å². The average Bonchev–Trinajstić information content (AvgIpc) is 3.48. The highest BCUT2D eigenvalue weighted by molar-refractivity contribution is 5.95. The lowest BCUT2D eigenvalue weighted by Crippen LogP contribution is -2.42. The molecule has 2 aromatic rings. The minimum atomic E-state index is -0.0199. The van der Waals surface area contributed by atoms with Crippen LogP contribution < -0.4 is 5.32 Å². The number of H-pyrrole nitrogens is 1. The van der Waals surface area contributed by atoms with Gasteiger partial charge in [-0.1, -0.05) is 25.1 Å². The third-order valence-corrected chi connectivity index (χ3v) is 6.92. The van der Waals surface area contributed by atoms with Gasteiger partial charge in [-0.05, 0) is 30.9 Å². The molecular formula is C22H28N4O2. The Morgan fingerprint density at radius 3 is 3.14 bits per heavy atom. The standard InChI is InChI=1S/C22H28N4O2/c1-2-15-5-3-4-6-16(15)21(27)25-11-17-18-12-26(13-20-23-9-10-24-20)14-22(18)8-7-19(17)28-22/h3-6,9-10,17-19H,2,7-8,11-14H2,1H3,(H,23,24)(H,25,27)/t17-,18+,19+,22+/m0/s1. The van der Waals surface area contributed by atoms with Gasteiger partial charge in [0.15, 0.2) is 0 Å². The fraction of sp³-hybridized carbons (Fsp3) is 0.545. The van der Waals surface area contributed by atoms with Crippen molar-refractivity contribution in [2.75, 3.05) is 19.6 Å². The van der Waals surface area contributed by atoms with Crippen molar-refractivity contribution in [3.63, 3.8) is 0 Å². The third kappa shape index (κ3) is 2.95. The van der Waals surface area contributed by atoms with Crippen molar-refractivity contribution in [1.82, 2.24) is 20.2 Å². The van der Waals surface area contributed by atoms with E-state index in [1.54, 1.807) is 6.20 Å².